The van der Waals surface area contributed by atoms with Crippen LogP contribution in [0.5, 0.6) is 5.75 Å². The Balaban J connectivity index is 1.51. The maximum absolute atomic E-state index is 6.84. The molecular weight excluding hydrogens is 394 g/mol. The Morgan fingerprint density at radius 1 is 0.938 bits per heavy atom. The van der Waals surface area contributed by atoms with Crippen LogP contribution in [0.4, 0.5) is 5.69 Å². The van der Waals surface area contributed by atoms with Crippen LogP contribution in [0.25, 0.3) is 6.08 Å². The Morgan fingerprint density at radius 3 is 2.66 bits per heavy atom. The van der Waals surface area contributed by atoms with Crippen molar-refractivity contribution in [2.45, 2.75) is 11.7 Å². The van der Waals surface area contributed by atoms with Crippen molar-refractivity contribution < 1.29 is 9.47 Å². The van der Waals surface area contributed by atoms with Crippen molar-refractivity contribution in [3.8, 4) is 5.75 Å². The Bertz CT molecular complexity index is 1260. The first-order valence-corrected chi connectivity index (χ1v) is 11.0. The van der Waals surface area contributed by atoms with E-state index in [0.717, 1.165) is 33.9 Å². The molecular formula is C29H25NO2. The maximum Gasteiger partial charge on any atom is 0.187 e. The van der Waals surface area contributed by atoms with Crippen molar-refractivity contribution in [2.24, 2.45) is 5.92 Å². The fourth-order valence-electron chi connectivity index (χ4n) is 4.87. The highest BCUT2D eigenvalue weighted by Crippen LogP contribution is 2.50. The molecule has 3 nitrogen and oxygen atoms in total. The Kier molecular flexibility index (Phi) is 4.25. The third-order valence-electron chi connectivity index (χ3n) is 6.57. The van der Waals surface area contributed by atoms with Crippen LogP contribution >= 0.6 is 0 Å². The molecule has 6 rings (SSSR count). The predicted octanol–water partition coefficient (Wildman–Crippen LogP) is 6.16. The van der Waals surface area contributed by atoms with E-state index in [1.165, 1.54) is 5.57 Å². The molecule has 0 saturated carbocycles. The van der Waals surface area contributed by atoms with Gasteiger partial charge < -0.3 is 14.4 Å². The molecule has 0 radical (unpaired) electrons. The van der Waals surface area contributed by atoms with Gasteiger partial charge in [0.2, 0.25) is 0 Å². The summed E-state index contributed by atoms with van der Waals surface area (Å²) in [6.45, 7) is 0. The Labute approximate surface area is 189 Å². The van der Waals surface area contributed by atoms with Gasteiger partial charge in [0.25, 0.3) is 0 Å². The summed E-state index contributed by atoms with van der Waals surface area (Å²) in [7, 11) is 4.09. The third-order valence-corrected chi connectivity index (χ3v) is 6.57. The van der Waals surface area contributed by atoms with E-state index in [0.29, 0.717) is 0 Å². The fraction of sp³-hybridized carbons (Fsp3) is 0.172. The van der Waals surface area contributed by atoms with Crippen LogP contribution in [0, 0.1) is 5.92 Å². The van der Waals surface area contributed by atoms with Gasteiger partial charge >= 0.3 is 0 Å². The molecule has 2 heterocycles. The van der Waals surface area contributed by atoms with Crippen LogP contribution < -0.4 is 9.64 Å². The normalized spacial score (nSPS) is 26.6. The van der Waals surface area contributed by atoms with Crippen molar-refractivity contribution in [2.75, 3.05) is 19.0 Å². The van der Waals surface area contributed by atoms with Crippen LogP contribution in [0.2, 0.25) is 0 Å². The molecule has 0 fully saturated rings. The second-order valence-corrected chi connectivity index (χ2v) is 8.83. The molecule has 2 aliphatic carbocycles. The third kappa shape index (κ3) is 2.96. The lowest BCUT2D eigenvalue weighted by Gasteiger charge is -2.45. The second kappa shape index (κ2) is 7.16. The zero-order valence-corrected chi connectivity index (χ0v) is 18.2. The molecule has 158 valence electrons. The minimum atomic E-state index is -0.733. The quantitative estimate of drug-likeness (QED) is 0.582. The van der Waals surface area contributed by atoms with Gasteiger partial charge in [0.15, 0.2) is 11.7 Å². The summed E-state index contributed by atoms with van der Waals surface area (Å²) < 4.78 is 13.6. The highest BCUT2D eigenvalue weighted by Gasteiger charge is 2.47. The molecule has 0 aromatic heterocycles. The van der Waals surface area contributed by atoms with Crippen LogP contribution in [-0.2, 0) is 4.74 Å². The van der Waals surface area contributed by atoms with Gasteiger partial charge in [0.05, 0.1) is 0 Å². The molecule has 2 aromatic carbocycles. The van der Waals surface area contributed by atoms with Gasteiger partial charge in [-0.05, 0) is 41.5 Å². The monoisotopic (exact) mass is 419 g/mol. The van der Waals surface area contributed by atoms with E-state index in [-0.39, 0.29) is 12.0 Å². The van der Waals surface area contributed by atoms with Crippen molar-refractivity contribution in [3.63, 3.8) is 0 Å². The summed E-state index contributed by atoms with van der Waals surface area (Å²) in [6.07, 6.45) is 19.2. The zero-order valence-electron chi connectivity index (χ0n) is 18.2. The lowest BCUT2D eigenvalue weighted by Crippen LogP contribution is -2.45. The number of fused-ring (bicyclic) bond motifs is 4. The zero-order chi connectivity index (χ0) is 21.7. The van der Waals surface area contributed by atoms with Crippen LogP contribution in [0.1, 0.15) is 17.2 Å². The molecule has 1 spiro atoms. The van der Waals surface area contributed by atoms with Crippen LogP contribution in [-0.4, -0.2) is 19.7 Å². The van der Waals surface area contributed by atoms with E-state index in [2.05, 4.69) is 102 Å². The number of ether oxygens (including phenoxy) is 2. The number of anilines is 1. The number of hydrogen-bond acceptors (Lipinski definition) is 3. The molecule has 32 heavy (non-hydrogen) atoms. The second-order valence-electron chi connectivity index (χ2n) is 8.83. The number of allylic oxidation sites excluding steroid dienone is 8. The molecule has 0 bridgehead atoms. The SMILES string of the molecule is CN(C)c1ccc2c(c1)OC1(C=C2)C=C2C(=CC=C3C=CC=CC32)OC1c1ccccc1. The highest BCUT2D eigenvalue weighted by molar-refractivity contribution is 5.68. The first kappa shape index (κ1) is 19.0. The minimum absolute atomic E-state index is 0.181. The van der Waals surface area contributed by atoms with Crippen molar-refractivity contribution >= 4 is 11.8 Å². The number of benzene rings is 2. The Hall–Kier alpha value is -3.72. The van der Waals surface area contributed by atoms with Gasteiger partial charge in [-0.1, -0.05) is 66.8 Å². The summed E-state index contributed by atoms with van der Waals surface area (Å²) in [5, 5.41) is 0. The predicted molar refractivity (Wildman–Crippen MR) is 129 cm³/mol. The smallest absolute Gasteiger partial charge is 0.187 e. The topological polar surface area (TPSA) is 21.7 Å². The van der Waals surface area contributed by atoms with E-state index in [9.17, 15) is 0 Å². The summed E-state index contributed by atoms with van der Waals surface area (Å²) >= 11 is 0. The lowest BCUT2D eigenvalue weighted by molar-refractivity contribution is -0.0226. The molecule has 0 saturated heterocycles. The van der Waals surface area contributed by atoms with E-state index in [1.54, 1.807) is 0 Å². The first-order valence-electron chi connectivity index (χ1n) is 11.0. The van der Waals surface area contributed by atoms with Crippen molar-refractivity contribution in [3.05, 3.63) is 125 Å². The van der Waals surface area contributed by atoms with Gasteiger partial charge in [0, 0.05) is 42.9 Å². The van der Waals surface area contributed by atoms with E-state index in [1.807, 2.05) is 20.2 Å². The van der Waals surface area contributed by atoms with E-state index < -0.39 is 5.60 Å². The van der Waals surface area contributed by atoms with Crippen LogP contribution in [0.15, 0.2) is 114 Å². The Morgan fingerprint density at radius 2 is 1.81 bits per heavy atom. The van der Waals surface area contributed by atoms with Gasteiger partial charge in [-0.25, -0.2) is 0 Å². The van der Waals surface area contributed by atoms with E-state index >= 15 is 0 Å². The molecule has 3 atom stereocenters. The summed E-state index contributed by atoms with van der Waals surface area (Å²) in [6, 6.07) is 16.7. The summed E-state index contributed by atoms with van der Waals surface area (Å²) in [5.41, 5.74) is 4.98. The van der Waals surface area contributed by atoms with Gasteiger partial charge in [-0.2, -0.15) is 0 Å². The fourth-order valence-corrected chi connectivity index (χ4v) is 4.87. The van der Waals surface area contributed by atoms with Crippen molar-refractivity contribution in [1.82, 2.24) is 0 Å². The lowest BCUT2D eigenvalue weighted by atomic mass is 9.76. The highest BCUT2D eigenvalue weighted by atomic mass is 16.6. The largest absolute Gasteiger partial charge is 0.480 e. The van der Waals surface area contributed by atoms with Gasteiger partial charge in [0.1, 0.15) is 11.5 Å². The molecule has 2 aliphatic heterocycles. The summed E-state index contributed by atoms with van der Waals surface area (Å²) in [4.78, 5) is 2.09. The molecule has 0 amide bonds. The van der Waals surface area contributed by atoms with E-state index in [4.69, 9.17) is 9.47 Å². The molecule has 4 aliphatic rings. The number of hydrogen-bond donors (Lipinski definition) is 0. The first-order chi connectivity index (χ1) is 15.6. The van der Waals surface area contributed by atoms with Crippen LogP contribution in [0.3, 0.4) is 0 Å². The molecule has 3 heteroatoms. The minimum Gasteiger partial charge on any atom is -0.480 e. The molecule has 3 unspecified atom stereocenters. The maximum atomic E-state index is 6.84. The van der Waals surface area contributed by atoms with Gasteiger partial charge in [-0.15, -0.1) is 0 Å². The summed E-state index contributed by atoms with van der Waals surface area (Å²) in [5.74, 6) is 1.97. The number of nitrogens with zero attached hydrogens (tertiary/aromatic N) is 1. The standard InChI is InChI=1S/C29H25NO2/c1-30(2)23-14-12-21-16-17-29(32-27(21)18-23)19-25-24-11-7-6-8-20(24)13-15-26(25)31-28(29)22-9-4-3-5-10-22/h3-19,24,28H,1-2H3. The average Bonchev–Trinajstić information content (AvgIpc) is 2.83. The van der Waals surface area contributed by atoms with Crippen molar-refractivity contribution in [1.29, 1.82) is 0 Å². The van der Waals surface area contributed by atoms with Gasteiger partial charge in [-0.3, -0.25) is 0 Å². The number of rotatable bonds is 2. The molecule has 2 aromatic rings. The molecule has 0 N–H and O–H groups in total. The average molecular weight is 420 g/mol.